The average molecular weight is 554 g/mol. The van der Waals surface area contributed by atoms with Crippen molar-refractivity contribution in [3.05, 3.63) is 198 Å². The number of rotatable bonds is 7. The van der Waals surface area contributed by atoms with E-state index in [-0.39, 0.29) is 0 Å². The van der Waals surface area contributed by atoms with Crippen LogP contribution in [-0.2, 0) is 5.41 Å². The van der Waals surface area contributed by atoms with E-state index in [1.807, 2.05) is 36.4 Å². The van der Waals surface area contributed by atoms with Crippen molar-refractivity contribution in [1.29, 1.82) is 0 Å². The Labute approximate surface area is 252 Å². The van der Waals surface area contributed by atoms with Gasteiger partial charge in [0.05, 0.1) is 10.9 Å². The number of nitrogens with zero attached hydrogens (tertiary/aromatic N) is 1. The Morgan fingerprint density at radius 1 is 0.488 bits per heavy atom. The van der Waals surface area contributed by atoms with Crippen LogP contribution >= 0.6 is 0 Å². The molecule has 1 aromatic heterocycles. The second kappa shape index (κ2) is 11.4. The molecule has 43 heavy (non-hydrogen) atoms. The molecule has 0 aliphatic carbocycles. The summed E-state index contributed by atoms with van der Waals surface area (Å²) in [5, 5.41) is 1.06. The van der Waals surface area contributed by atoms with Gasteiger partial charge < -0.3 is 4.74 Å². The maximum atomic E-state index is 6.27. The summed E-state index contributed by atoms with van der Waals surface area (Å²) in [5.41, 5.74) is 8.52. The van der Waals surface area contributed by atoms with E-state index in [1.54, 1.807) is 0 Å². The molecule has 206 valence electrons. The Hall–Kier alpha value is -5.47. The van der Waals surface area contributed by atoms with Crippen LogP contribution < -0.4 is 4.74 Å². The summed E-state index contributed by atoms with van der Waals surface area (Å²) in [6.07, 6.45) is 0. The van der Waals surface area contributed by atoms with E-state index in [9.17, 15) is 0 Å². The molecule has 6 aromatic carbocycles. The fraction of sp³-hybridized carbons (Fsp3) is 0.0488. The largest absolute Gasteiger partial charge is 0.439 e. The van der Waals surface area contributed by atoms with Crippen molar-refractivity contribution in [1.82, 2.24) is 4.98 Å². The van der Waals surface area contributed by atoms with Crippen molar-refractivity contribution in [2.45, 2.75) is 12.3 Å². The molecule has 7 aromatic rings. The molecule has 0 fully saturated rings. The lowest BCUT2D eigenvalue weighted by Gasteiger charge is -2.39. The predicted octanol–water partition coefficient (Wildman–Crippen LogP) is 10.4. The van der Waals surface area contributed by atoms with Crippen LogP contribution in [0.25, 0.3) is 22.0 Å². The van der Waals surface area contributed by atoms with Crippen molar-refractivity contribution in [2.24, 2.45) is 0 Å². The SMILES string of the molecule is Cc1cccc(C(c2ccccc2)(c2ccccc2)c2cccc3ccc(Oc4ccccc4)nc23)c1-c1ccccc1. The van der Waals surface area contributed by atoms with Crippen molar-refractivity contribution in [3.63, 3.8) is 0 Å². The second-order valence-corrected chi connectivity index (χ2v) is 10.8. The fourth-order valence-corrected chi connectivity index (χ4v) is 6.38. The molecule has 0 atom stereocenters. The fourth-order valence-electron chi connectivity index (χ4n) is 6.38. The van der Waals surface area contributed by atoms with Gasteiger partial charge in [0.1, 0.15) is 5.75 Å². The van der Waals surface area contributed by atoms with Gasteiger partial charge in [-0.05, 0) is 64.1 Å². The lowest BCUT2D eigenvalue weighted by Crippen LogP contribution is -2.32. The highest BCUT2D eigenvalue weighted by Gasteiger charge is 2.42. The molecule has 0 N–H and O–H groups in total. The lowest BCUT2D eigenvalue weighted by molar-refractivity contribution is 0.465. The van der Waals surface area contributed by atoms with Crippen molar-refractivity contribution < 1.29 is 4.74 Å². The van der Waals surface area contributed by atoms with E-state index < -0.39 is 5.41 Å². The molecule has 0 saturated carbocycles. The van der Waals surface area contributed by atoms with Crippen LogP contribution in [0.4, 0.5) is 0 Å². The van der Waals surface area contributed by atoms with Gasteiger partial charge in [0, 0.05) is 11.5 Å². The number of pyridine rings is 1. The first-order valence-corrected chi connectivity index (χ1v) is 14.6. The van der Waals surface area contributed by atoms with E-state index in [0.717, 1.165) is 22.2 Å². The van der Waals surface area contributed by atoms with E-state index in [1.165, 1.54) is 33.4 Å². The summed E-state index contributed by atoms with van der Waals surface area (Å²) in [7, 11) is 0. The summed E-state index contributed by atoms with van der Waals surface area (Å²) in [6.45, 7) is 2.21. The van der Waals surface area contributed by atoms with Crippen LogP contribution in [0.15, 0.2) is 170 Å². The molecule has 0 radical (unpaired) electrons. The standard InChI is InChI=1S/C41H31NO/c1-30-16-14-26-36(39(30)31-17-6-2-7-18-31)41(33-20-8-3-9-21-33,34-22-10-4-11-23-34)37-27-15-19-32-28-29-38(42-40(32)37)43-35-24-12-5-13-25-35/h2-29H,1H3. The zero-order chi connectivity index (χ0) is 29.1. The Balaban J connectivity index is 1.61. The molecule has 0 saturated heterocycles. The average Bonchev–Trinajstić information content (AvgIpc) is 3.07. The van der Waals surface area contributed by atoms with Crippen LogP contribution in [0.2, 0.25) is 0 Å². The molecule has 0 bridgehead atoms. The lowest BCUT2D eigenvalue weighted by atomic mass is 9.62. The zero-order valence-corrected chi connectivity index (χ0v) is 24.0. The van der Waals surface area contributed by atoms with Gasteiger partial charge >= 0.3 is 0 Å². The third-order valence-corrected chi connectivity index (χ3v) is 8.22. The van der Waals surface area contributed by atoms with Gasteiger partial charge in [-0.3, -0.25) is 0 Å². The second-order valence-electron chi connectivity index (χ2n) is 10.8. The molecule has 0 aliphatic rings. The molecule has 2 nitrogen and oxygen atoms in total. The van der Waals surface area contributed by atoms with Gasteiger partial charge in [0.25, 0.3) is 0 Å². The van der Waals surface area contributed by atoms with E-state index in [0.29, 0.717) is 5.88 Å². The van der Waals surface area contributed by atoms with Crippen LogP contribution in [0.5, 0.6) is 11.6 Å². The van der Waals surface area contributed by atoms with Gasteiger partial charge in [-0.1, -0.05) is 146 Å². The highest BCUT2D eigenvalue weighted by Crippen LogP contribution is 2.50. The molecule has 0 spiro atoms. The molecule has 1 heterocycles. The summed E-state index contributed by atoms with van der Waals surface area (Å²) in [4.78, 5) is 5.22. The Kier molecular flexibility index (Phi) is 7.02. The van der Waals surface area contributed by atoms with Gasteiger partial charge in [0.15, 0.2) is 0 Å². The minimum absolute atomic E-state index is 0.564. The molecule has 0 amide bonds. The van der Waals surface area contributed by atoms with Crippen LogP contribution in [0.3, 0.4) is 0 Å². The Bertz CT molecular complexity index is 1950. The molecule has 0 unspecified atom stereocenters. The third kappa shape index (κ3) is 4.77. The van der Waals surface area contributed by atoms with Gasteiger partial charge in [-0.2, -0.15) is 0 Å². The smallest absolute Gasteiger partial charge is 0.219 e. The van der Waals surface area contributed by atoms with Crippen LogP contribution in [0, 0.1) is 6.92 Å². The third-order valence-electron chi connectivity index (χ3n) is 8.22. The maximum Gasteiger partial charge on any atom is 0.219 e. The molecule has 0 aliphatic heterocycles. The number of aryl methyl sites for hydroxylation is 1. The van der Waals surface area contributed by atoms with Gasteiger partial charge in [0.2, 0.25) is 5.88 Å². The highest BCUT2D eigenvalue weighted by molar-refractivity contribution is 5.88. The number of ether oxygens (including phenoxy) is 1. The van der Waals surface area contributed by atoms with Crippen LogP contribution in [-0.4, -0.2) is 4.98 Å². The highest BCUT2D eigenvalue weighted by atomic mass is 16.5. The van der Waals surface area contributed by atoms with Crippen molar-refractivity contribution in [2.75, 3.05) is 0 Å². The number of hydrogen-bond acceptors (Lipinski definition) is 2. The predicted molar refractivity (Wildman–Crippen MR) is 177 cm³/mol. The molecular formula is C41H31NO. The number of benzene rings is 6. The molecule has 2 heteroatoms. The summed E-state index contributed by atoms with van der Waals surface area (Å²) >= 11 is 0. The first-order chi connectivity index (χ1) is 21.2. The summed E-state index contributed by atoms with van der Waals surface area (Å²) < 4.78 is 6.27. The maximum absolute atomic E-state index is 6.27. The summed E-state index contributed by atoms with van der Waals surface area (Å²) in [5.74, 6) is 1.32. The van der Waals surface area contributed by atoms with Crippen molar-refractivity contribution in [3.8, 4) is 22.8 Å². The molecular weight excluding hydrogens is 522 g/mol. The number of hydrogen-bond donors (Lipinski definition) is 0. The monoisotopic (exact) mass is 553 g/mol. The van der Waals surface area contributed by atoms with E-state index in [4.69, 9.17) is 9.72 Å². The first-order valence-electron chi connectivity index (χ1n) is 14.6. The van der Waals surface area contributed by atoms with Crippen molar-refractivity contribution >= 4 is 10.9 Å². The van der Waals surface area contributed by atoms with Gasteiger partial charge in [-0.25, -0.2) is 4.98 Å². The minimum Gasteiger partial charge on any atom is -0.439 e. The van der Waals surface area contributed by atoms with Gasteiger partial charge in [-0.15, -0.1) is 0 Å². The zero-order valence-electron chi connectivity index (χ0n) is 24.0. The quantitative estimate of drug-likeness (QED) is 0.183. The normalized spacial score (nSPS) is 11.4. The Morgan fingerprint density at radius 2 is 1.05 bits per heavy atom. The number of para-hydroxylation sites is 2. The van der Waals surface area contributed by atoms with Crippen LogP contribution in [0.1, 0.15) is 27.8 Å². The topological polar surface area (TPSA) is 22.1 Å². The minimum atomic E-state index is -0.683. The first kappa shape index (κ1) is 26.4. The number of fused-ring (bicyclic) bond motifs is 1. The summed E-state index contributed by atoms with van der Waals surface area (Å²) in [6, 6.07) is 59.5. The number of aromatic nitrogens is 1. The van der Waals surface area contributed by atoms with E-state index >= 15 is 0 Å². The molecule has 7 rings (SSSR count). The van der Waals surface area contributed by atoms with E-state index in [2.05, 4.69) is 140 Å². The Morgan fingerprint density at radius 3 is 1.70 bits per heavy atom.